The molecule has 4 aromatic rings. The second kappa shape index (κ2) is 12.6. The first kappa shape index (κ1) is 29.9. The minimum Gasteiger partial charge on any atom is -0.332 e. The number of rotatable bonds is 7. The minimum atomic E-state index is -4.97. The molecule has 2 N–H and O–H groups in total. The largest absolute Gasteiger partial charge is 0.416 e. The van der Waals surface area contributed by atoms with Gasteiger partial charge in [-0.3, -0.25) is 0 Å². The van der Waals surface area contributed by atoms with Crippen LogP contribution in [0.2, 0.25) is 0 Å². The molecule has 0 aromatic heterocycles. The zero-order valence-corrected chi connectivity index (χ0v) is 22.7. The number of hydrogen-bond acceptors (Lipinski definition) is 1. The van der Waals surface area contributed by atoms with Crippen LogP contribution < -0.4 is 10.6 Å². The van der Waals surface area contributed by atoms with E-state index >= 15 is 0 Å². The molecule has 0 unspecified atom stereocenters. The summed E-state index contributed by atoms with van der Waals surface area (Å²) in [7, 11) is 0. The summed E-state index contributed by atoms with van der Waals surface area (Å²) in [6.07, 6.45) is -6.45. The Hall–Kier alpha value is -4.11. The van der Waals surface area contributed by atoms with Crippen molar-refractivity contribution in [3.8, 4) is 0 Å². The van der Waals surface area contributed by atoms with Crippen molar-refractivity contribution in [1.82, 2.24) is 0 Å². The summed E-state index contributed by atoms with van der Waals surface area (Å²) in [5.74, 6) is 0. The molecule has 0 heterocycles. The van der Waals surface area contributed by atoms with Crippen molar-refractivity contribution in [2.75, 3.05) is 10.6 Å². The minimum absolute atomic E-state index is 0.0771. The first-order valence-electron chi connectivity index (χ1n) is 12.7. The molecule has 9 heteroatoms. The van der Waals surface area contributed by atoms with Crippen molar-refractivity contribution in [3.05, 3.63) is 130 Å². The van der Waals surface area contributed by atoms with Crippen molar-refractivity contribution < 1.29 is 26.3 Å². The highest BCUT2D eigenvalue weighted by molar-refractivity contribution is 7.80. The van der Waals surface area contributed by atoms with E-state index in [0.717, 1.165) is 34.2 Å². The lowest BCUT2D eigenvalue weighted by molar-refractivity contribution is -0.143. The summed E-state index contributed by atoms with van der Waals surface area (Å²) in [4.78, 5) is 0. The Kier molecular flexibility index (Phi) is 9.18. The number of halogens is 6. The molecule has 0 spiro atoms. The van der Waals surface area contributed by atoms with Crippen molar-refractivity contribution in [3.63, 3.8) is 0 Å². The van der Waals surface area contributed by atoms with Gasteiger partial charge in [-0.25, -0.2) is 0 Å². The molecule has 0 aliphatic rings. The van der Waals surface area contributed by atoms with Gasteiger partial charge in [0.05, 0.1) is 11.1 Å². The lowest BCUT2D eigenvalue weighted by Crippen LogP contribution is -2.21. The van der Waals surface area contributed by atoms with Crippen LogP contribution in [0.3, 0.4) is 0 Å². The van der Waals surface area contributed by atoms with E-state index < -0.39 is 29.2 Å². The summed E-state index contributed by atoms with van der Waals surface area (Å²) in [6.45, 7) is 1.93. The average Bonchev–Trinajstić information content (AvgIpc) is 2.91. The van der Waals surface area contributed by atoms with Gasteiger partial charge in [-0.1, -0.05) is 78.9 Å². The molecule has 0 aliphatic carbocycles. The molecule has 2 nitrogen and oxygen atoms in total. The Bertz CT molecular complexity index is 1500. The Balaban J connectivity index is 1.67. The third-order valence-electron chi connectivity index (χ3n) is 6.35. The highest BCUT2D eigenvalue weighted by atomic mass is 32.1. The van der Waals surface area contributed by atoms with Crippen LogP contribution >= 0.6 is 12.2 Å². The monoisotopic (exact) mass is 584 g/mol. The highest BCUT2D eigenvalue weighted by Crippen LogP contribution is 2.38. The third-order valence-corrected chi connectivity index (χ3v) is 6.56. The predicted octanol–water partition coefficient (Wildman–Crippen LogP) is 10.0. The maximum absolute atomic E-state index is 13.3. The normalized spacial score (nSPS) is 12.2. The van der Waals surface area contributed by atoms with Gasteiger partial charge in [0.15, 0.2) is 5.11 Å². The molecule has 0 amide bonds. The molecule has 212 valence electrons. The maximum Gasteiger partial charge on any atom is 0.416 e. The summed E-state index contributed by atoms with van der Waals surface area (Å²) in [5, 5.41) is 5.36. The molecule has 0 radical (unpaired) electrons. The molecule has 0 saturated heterocycles. The molecule has 0 fully saturated rings. The van der Waals surface area contributed by atoms with Crippen LogP contribution in [0.5, 0.6) is 0 Å². The van der Waals surface area contributed by atoms with E-state index in [9.17, 15) is 26.3 Å². The molecular weight excluding hydrogens is 558 g/mol. The number of nitrogens with one attached hydrogen (secondary N) is 2. The number of thiocarbonyl (C=S) groups is 1. The van der Waals surface area contributed by atoms with E-state index in [1.165, 1.54) is 0 Å². The Morgan fingerprint density at radius 3 is 1.90 bits per heavy atom. The van der Waals surface area contributed by atoms with Gasteiger partial charge < -0.3 is 10.6 Å². The van der Waals surface area contributed by atoms with Crippen molar-refractivity contribution in [2.24, 2.45) is 0 Å². The lowest BCUT2D eigenvalue weighted by Gasteiger charge is -2.20. The zero-order chi connectivity index (χ0) is 29.6. The molecule has 0 atom stereocenters. The second-order valence-corrected chi connectivity index (χ2v) is 9.85. The van der Waals surface area contributed by atoms with Crippen LogP contribution in [0.1, 0.15) is 39.8 Å². The summed E-state index contributed by atoms with van der Waals surface area (Å²) < 4.78 is 80.0. The van der Waals surface area contributed by atoms with Gasteiger partial charge >= 0.3 is 12.4 Å². The smallest absolute Gasteiger partial charge is 0.332 e. The van der Waals surface area contributed by atoms with Gasteiger partial charge in [0.25, 0.3) is 0 Å². The standard InChI is InChI=1S/C32H26F6N2S/c1-21-9-8-14-28(40-30(41)39-27-19-25(31(33,34)35)18-26(20-27)32(36,37)38)29(21)24(17-23-12-6-3-7-13-23)16-15-22-10-4-2-5-11-22/h2-14,17-20H,15-16H2,1H3,(H2,39,40,41)/b24-17-. The number of alkyl halides is 6. The first-order valence-corrected chi connectivity index (χ1v) is 13.1. The molecule has 4 aromatic carbocycles. The van der Waals surface area contributed by atoms with Crippen LogP contribution in [0.15, 0.2) is 97.1 Å². The van der Waals surface area contributed by atoms with E-state index in [4.69, 9.17) is 12.2 Å². The van der Waals surface area contributed by atoms with Gasteiger partial charge in [-0.15, -0.1) is 0 Å². The third kappa shape index (κ3) is 8.20. The molecule has 0 bridgehead atoms. The van der Waals surface area contributed by atoms with Crippen LogP contribution in [0.4, 0.5) is 37.7 Å². The fourth-order valence-corrected chi connectivity index (χ4v) is 4.68. The van der Waals surface area contributed by atoms with E-state index in [0.29, 0.717) is 24.2 Å². The van der Waals surface area contributed by atoms with Crippen LogP contribution in [-0.4, -0.2) is 5.11 Å². The van der Waals surface area contributed by atoms with E-state index in [2.05, 4.69) is 16.7 Å². The van der Waals surface area contributed by atoms with Gasteiger partial charge in [-0.2, -0.15) is 26.3 Å². The Morgan fingerprint density at radius 1 is 0.732 bits per heavy atom. The van der Waals surface area contributed by atoms with Crippen LogP contribution in [0.25, 0.3) is 11.6 Å². The number of anilines is 2. The highest BCUT2D eigenvalue weighted by Gasteiger charge is 2.37. The number of aryl methyl sites for hydroxylation is 2. The average molecular weight is 585 g/mol. The fourth-order valence-electron chi connectivity index (χ4n) is 4.45. The topological polar surface area (TPSA) is 24.1 Å². The first-order chi connectivity index (χ1) is 19.4. The van der Waals surface area contributed by atoms with E-state index in [1.807, 2.05) is 73.7 Å². The van der Waals surface area contributed by atoms with Crippen LogP contribution in [0, 0.1) is 6.92 Å². The van der Waals surface area contributed by atoms with Gasteiger partial charge in [0, 0.05) is 16.9 Å². The van der Waals surface area contributed by atoms with Crippen molar-refractivity contribution in [1.29, 1.82) is 0 Å². The quantitative estimate of drug-likeness (QED) is 0.128. The lowest BCUT2D eigenvalue weighted by atomic mass is 9.92. The second-order valence-electron chi connectivity index (χ2n) is 9.44. The van der Waals surface area contributed by atoms with Gasteiger partial charge in [-0.05, 0) is 78.5 Å². The fraction of sp³-hybridized carbons (Fsp3) is 0.156. The number of allylic oxidation sites excluding steroid dienone is 1. The summed E-state index contributed by atoms with van der Waals surface area (Å²) in [6, 6.07) is 26.5. The molecule has 0 aliphatic heterocycles. The Labute approximate surface area is 239 Å². The van der Waals surface area contributed by atoms with Crippen molar-refractivity contribution in [2.45, 2.75) is 32.1 Å². The summed E-state index contributed by atoms with van der Waals surface area (Å²) >= 11 is 5.35. The number of benzene rings is 4. The van der Waals surface area contributed by atoms with E-state index in [1.54, 1.807) is 12.1 Å². The van der Waals surface area contributed by atoms with Crippen LogP contribution in [-0.2, 0) is 18.8 Å². The summed E-state index contributed by atoms with van der Waals surface area (Å²) in [5.41, 5.74) is 2.17. The zero-order valence-electron chi connectivity index (χ0n) is 21.9. The van der Waals surface area contributed by atoms with Gasteiger partial charge in [0.1, 0.15) is 0 Å². The molecule has 41 heavy (non-hydrogen) atoms. The molecule has 0 saturated carbocycles. The number of hydrogen-bond donors (Lipinski definition) is 2. The Morgan fingerprint density at radius 2 is 1.32 bits per heavy atom. The predicted molar refractivity (Wildman–Crippen MR) is 157 cm³/mol. The maximum atomic E-state index is 13.3. The van der Waals surface area contributed by atoms with Gasteiger partial charge in [0.2, 0.25) is 0 Å². The van der Waals surface area contributed by atoms with E-state index in [-0.39, 0.29) is 11.2 Å². The molecule has 4 rings (SSSR count). The van der Waals surface area contributed by atoms with Crippen molar-refractivity contribution >= 4 is 40.4 Å². The molecular formula is C32H26F6N2S. The SMILES string of the molecule is Cc1cccc(NC(=S)Nc2cc(C(F)(F)F)cc(C(F)(F)F)c2)c1/C(=C\c1ccccc1)CCc1ccccc1.